The van der Waals surface area contributed by atoms with Crippen LogP contribution in [-0.4, -0.2) is 40.2 Å². The summed E-state index contributed by atoms with van der Waals surface area (Å²) in [4.78, 5) is 12.3. The molecule has 0 spiro atoms. The minimum absolute atomic E-state index is 0.0439. The Balaban J connectivity index is 1.72. The third kappa shape index (κ3) is 4.48. The second kappa shape index (κ2) is 8.54. The van der Waals surface area contributed by atoms with Gasteiger partial charge in [-0.2, -0.15) is 0 Å². The van der Waals surface area contributed by atoms with Crippen LogP contribution in [0, 0.1) is 0 Å². The maximum absolute atomic E-state index is 12.9. The fourth-order valence-electron chi connectivity index (χ4n) is 3.00. The molecule has 0 radical (unpaired) electrons. The van der Waals surface area contributed by atoms with E-state index >= 15 is 0 Å². The summed E-state index contributed by atoms with van der Waals surface area (Å²) in [6.07, 6.45) is 1.82. The van der Waals surface area contributed by atoms with Crippen molar-refractivity contribution in [2.75, 3.05) is 24.1 Å². The maximum atomic E-state index is 12.9. The Labute approximate surface area is 159 Å². The van der Waals surface area contributed by atoms with Gasteiger partial charge in [0.15, 0.2) is 0 Å². The molecule has 1 fully saturated rings. The zero-order valence-electron chi connectivity index (χ0n) is 15.2. The Hall–Kier alpha value is -2.38. The van der Waals surface area contributed by atoms with Crippen molar-refractivity contribution in [1.82, 2.24) is 0 Å². The molecule has 1 heterocycles. The lowest BCUT2D eigenvalue weighted by molar-refractivity contribution is 0.0161. The molecule has 144 valence electrons. The van der Waals surface area contributed by atoms with Gasteiger partial charge in [-0.05, 0) is 56.2 Å². The smallest absolute Gasteiger partial charge is 0.338 e. The number of benzene rings is 2. The first-order valence-electron chi connectivity index (χ1n) is 8.99. The van der Waals surface area contributed by atoms with E-state index < -0.39 is 16.0 Å². The number of anilines is 1. The Kier molecular flexibility index (Phi) is 6.13. The van der Waals surface area contributed by atoms with Crippen LogP contribution in [0.3, 0.4) is 0 Å². The van der Waals surface area contributed by atoms with Crippen molar-refractivity contribution in [2.45, 2.75) is 30.8 Å². The van der Waals surface area contributed by atoms with Crippen LogP contribution >= 0.6 is 0 Å². The van der Waals surface area contributed by atoms with Crippen molar-refractivity contribution in [3.05, 3.63) is 60.2 Å². The number of para-hydroxylation sites is 1. The third-order valence-electron chi connectivity index (χ3n) is 4.43. The lowest BCUT2D eigenvalue weighted by Crippen LogP contribution is -2.30. The van der Waals surface area contributed by atoms with Crippen molar-refractivity contribution in [3.63, 3.8) is 0 Å². The first-order chi connectivity index (χ1) is 13.0. The number of hydrogen-bond acceptors (Lipinski definition) is 5. The lowest BCUT2D eigenvalue weighted by atomic mass is 10.2. The summed E-state index contributed by atoms with van der Waals surface area (Å²) < 4.78 is 37.9. The van der Waals surface area contributed by atoms with E-state index in [9.17, 15) is 13.2 Å². The topological polar surface area (TPSA) is 72.9 Å². The average Bonchev–Trinajstić information content (AvgIpc) is 3.21. The highest BCUT2D eigenvalue weighted by molar-refractivity contribution is 7.92. The van der Waals surface area contributed by atoms with Crippen LogP contribution in [0.25, 0.3) is 0 Å². The highest BCUT2D eigenvalue weighted by Crippen LogP contribution is 2.23. The summed E-state index contributed by atoms with van der Waals surface area (Å²) in [5, 5.41) is 0. The second-order valence-electron chi connectivity index (χ2n) is 6.26. The van der Waals surface area contributed by atoms with Gasteiger partial charge in [-0.1, -0.05) is 18.2 Å². The molecular formula is C20H23NO5S. The van der Waals surface area contributed by atoms with Gasteiger partial charge in [0.1, 0.15) is 6.61 Å². The van der Waals surface area contributed by atoms with E-state index in [2.05, 4.69) is 0 Å². The molecule has 0 aliphatic carbocycles. The van der Waals surface area contributed by atoms with E-state index in [1.165, 1.54) is 28.6 Å². The number of sulfonamides is 1. The number of nitrogens with zero attached hydrogens (tertiary/aromatic N) is 1. The molecule has 1 saturated heterocycles. The van der Waals surface area contributed by atoms with E-state index in [0.29, 0.717) is 24.4 Å². The van der Waals surface area contributed by atoms with Gasteiger partial charge < -0.3 is 9.47 Å². The van der Waals surface area contributed by atoms with Crippen LogP contribution in [0.5, 0.6) is 0 Å². The van der Waals surface area contributed by atoms with Crippen LogP contribution < -0.4 is 4.31 Å². The Morgan fingerprint density at radius 1 is 1.15 bits per heavy atom. The fraction of sp³-hybridized carbons (Fsp3) is 0.350. The number of esters is 1. The van der Waals surface area contributed by atoms with Crippen molar-refractivity contribution >= 4 is 21.7 Å². The number of hydrogen-bond donors (Lipinski definition) is 0. The molecule has 7 heteroatoms. The number of carbonyl (C=O) groups is 1. The predicted molar refractivity (Wildman–Crippen MR) is 102 cm³/mol. The van der Waals surface area contributed by atoms with E-state index in [1.54, 1.807) is 31.2 Å². The van der Waals surface area contributed by atoms with Gasteiger partial charge in [-0.15, -0.1) is 0 Å². The summed E-state index contributed by atoms with van der Waals surface area (Å²) in [6, 6.07) is 14.7. The van der Waals surface area contributed by atoms with Gasteiger partial charge in [0.25, 0.3) is 10.0 Å². The summed E-state index contributed by atoms with van der Waals surface area (Å²) in [6.45, 7) is 3.00. The quantitative estimate of drug-likeness (QED) is 0.680. The SMILES string of the molecule is CCN(c1ccccc1)S(=O)(=O)c1ccc(C(=O)OC[C@@H]2CCCO2)cc1. The van der Waals surface area contributed by atoms with Gasteiger partial charge >= 0.3 is 5.97 Å². The lowest BCUT2D eigenvalue weighted by Gasteiger charge is -2.23. The third-order valence-corrected chi connectivity index (χ3v) is 6.35. The van der Waals surface area contributed by atoms with Gasteiger partial charge in [-0.3, -0.25) is 4.31 Å². The van der Waals surface area contributed by atoms with Crippen molar-refractivity contribution in [2.24, 2.45) is 0 Å². The molecule has 0 amide bonds. The van der Waals surface area contributed by atoms with E-state index in [-0.39, 0.29) is 17.6 Å². The number of rotatable bonds is 7. The van der Waals surface area contributed by atoms with Crippen molar-refractivity contribution in [1.29, 1.82) is 0 Å². The summed E-state index contributed by atoms with van der Waals surface area (Å²) in [5.74, 6) is -0.482. The van der Waals surface area contributed by atoms with E-state index in [4.69, 9.17) is 9.47 Å². The molecule has 1 aliphatic heterocycles. The van der Waals surface area contributed by atoms with Crippen LogP contribution in [0.2, 0.25) is 0 Å². The molecule has 0 bridgehead atoms. The molecule has 0 saturated carbocycles. The monoisotopic (exact) mass is 389 g/mol. The standard InChI is InChI=1S/C20H23NO5S/c1-2-21(17-7-4-3-5-8-17)27(23,24)19-12-10-16(11-13-19)20(22)26-15-18-9-6-14-25-18/h3-5,7-8,10-13,18H,2,6,9,14-15H2,1H3/t18-/m0/s1. The van der Waals surface area contributed by atoms with E-state index in [1.807, 2.05) is 6.07 Å². The summed E-state index contributed by atoms with van der Waals surface area (Å²) >= 11 is 0. The molecule has 6 nitrogen and oxygen atoms in total. The highest BCUT2D eigenvalue weighted by Gasteiger charge is 2.24. The van der Waals surface area contributed by atoms with Crippen LogP contribution in [0.4, 0.5) is 5.69 Å². The van der Waals surface area contributed by atoms with Crippen LogP contribution in [0.15, 0.2) is 59.5 Å². The second-order valence-corrected chi connectivity index (χ2v) is 8.13. The van der Waals surface area contributed by atoms with Gasteiger partial charge in [0.05, 0.1) is 22.3 Å². The molecule has 0 N–H and O–H groups in total. The zero-order chi connectivity index (χ0) is 19.3. The molecule has 2 aromatic carbocycles. The molecule has 0 unspecified atom stereocenters. The average molecular weight is 389 g/mol. The summed E-state index contributed by atoms with van der Waals surface area (Å²) in [5.41, 5.74) is 0.912. The van der Waals surface area contributed by atoms with E-state index in [0.717, 1.165) is 12.8 Å². The zero-order valence-corrected chi connectivity index (χ0v) is 16.0. The summed E-state index contributed by atoms with van der Waals surface area (Å²) in [7, 11) is -3.71. The predicted octanol–water partition coefficient (Wildman–Crippen LogP) is 3.24. The highest BCUT2D eigenvalue weighted by atomic mass is 32.2. The van der Waals surface area contributed by atoms with Gasteiger partial charge in [0.2, 0.25) is 0 Å². The minimum atomic E-state index is -3.71. The largest absolute Gasteiger partial charge is 0.459 e. The first kappa shape index (κ1) is 19.4. The van der Waals surface area contributed by atoms with Crippen LogP contribution in [-0.2, 0) is 19.5 Å². The molecule has 3 rings (SSSR count). The molecule has 1 aliphatic rings. The molecule has 2 aromatic rings. The molecule has 27 heavy (non-hydrogen) atoms. The fourth-order valence-corrected chi connectivity index (χ4v) is 4.48. The number of carbonyl (C=O) groups excluding carboxylic acids is 1. The molecule has 1 atom stereocenters. The van der Waals surface area contributed by atoms with Crippen molar-refractivity contribution < 1.29 is 22.7 Å². The first-order valence-corrected chi connectivity index (χ1v) is 10.4. The van der Waals surface area contributed by atoms with Gasteiger partial charge in [-0.25, -0.2) is 13.2 Å². The van der Waals surface area contributed by atoms with Crippen molar-refractivity contribution in [3.8, 4) is 0 Å². The Bertz CT molecular complexity index is 859. The Morgan fingerprint density at radius 2 is 1.85 bits per heavy atom. The van der Waals surface area contributed by atoms with Gasteiger partial charge in [0, 0.05) is 13.2 Å². The minimum Gasteiger partial charge on any atom is -0.459 e. The van der Waals surface area contributed by atoms with Crippen LogP contribution in [0.1, 0.15) is 30.1 Å². The maximum Gasteiger partial charge on any atom is 0.338 e. The molecule has 0 aromatic heterocycles. The number of ether oxygens (including phenoxy) is 2. The molecular weight excluding hydrogens is 366 g/mol. The normalized spacial score (nSPS) is 16.9. The Morgan fingerprint density at radius 3 is 2.44 bits per heavy atom.